The zero-order valence-electron chi connectivity index (χ0n) is 8.78. The largest absolute Gasteiger partial charge is 0.342 e. The fourth-order valence-electron chi connectivity index (χ4n) is 0.921. The lowest BCUT2D eigenvalue weighted by Gasteiger charge is -2.23. The van der Waals surface area contributed by atoms with Crippen molar-refractivity contribution in [1.82, 2.24) is 4.98 Å². The molecule has 0 aliphatic heterocycles. The number of thiazole rings is 1. The van der Waals surface area contributed by atoms with Crippen LogP contribution in [-0.4, -0.2) is 11.6 Å². The summed E-state index contributed by atoms with van der Waals surface area (Å²) in [5.74, 6) is -0.851. The molecule has 5 heteroatoms. The molecule has 0 aliphatic carbocycles. The van der Waals surface area contributed by atoms with Crippen LogP contribution in [0.2, 0.25) is 0 Å². The SMILES string of the molecule is Cc1nc(C(N)(N)OCC(C)C)cs1. The first-order valence-electron chi connectivity index (χ1n) is 4.56. The van der Waals surface area contributed by atoms with Gasteiger partial charge in [-0.3, -0.25) is 11.5 Å². The van der Waals surface area contributed by atoms with E-state index in [4.69, 9.17) is 16.2 Å². The van der Waals surface area contributed by atoms with Gasteiger partial charge < -0.3 is 4.74 Å². The van der Waals surface area contributed by atoms with Crippen LogP contribution in [0.1, 0.15) is 24.5 Å². The lowest BCUT2D eigenvalue weighted by Crippen LogP contribution is -2.49. The maximum Gasteiger partial charge on any atom is 0.215 e. The van der Waals surface area contributed by atoms with Crippen LogP contribution in [-0.2, 0) is 10.6 Å². The Morgan fingerprint density at radius 3 is 2.64 bits per heavy atom. The van der Waals surface area contributed by atoms with Crippen molar-refractivity contribution in [3.05, 3.63) is 16.1 Å². The van der Waals surface area contributed by atoms with Gasteiger partial charge in [0, 0.05) is 5.38 Å². The molecule has 0 amide bonds. The van der Waals surface area contributed by atoms with E-state index >= 15 is 0 Å². The molecule has 4 nitrogen and oxygen atoms in total. The minimum absolute atomic E-state index is 0.404. The molecule has 1 aromatic heterocycles. The molecular weight excluding hydrogens is 198 g/mol. The first-order valence-corrected chi connectivity index (χ1v) is 5.44. The van der Waals surface area contributed by atoms with Gasteiger partial charge in [-0.1, -0.05) is 13.8 Å². The number of ether oxygens (including phenoxy) is 1. The van der Waals surface area contributed by atoms with Gasteiger partial charge in [0.1, 0.15) is 5.69 Å². The van der Waals surface area contributed by atoms with Gasteiger partial charge in [0.25, 0.3) is 0 Å². The molecular formula is C9H17N3OS. The van der Waals surface area contributed by atoms with Gasteiger partial charge in [0.05, 0.1) is 11.6 Å². The van der Waals surface area contributed by atoms with Crippen LogP contribution < -0.4 is 11.5 Å². The van der Waals surface area contributed by atoms with E-state index in [0.29, 0.717) is 18.2 Å². The van der Waals surface area contributed by atoms with E-state index in [1.54, 1.807) is 0 Å². The average Bonchev–Trinajstić information content (AvgIpc) is 2.49. The summed E-state index contributed by atoms with van der Waals surface area (Å²) in [6.45, 7) is 6.53. The van der Waals surface area contributed by atoms with Gasteiger partial charge in [0.2, 0.25) is 5.85 Å². The van der Waals surface area contributed by atoms with Gasteiger partial charge in [0.15, 0.2) is 0 Å². The number of rotatable bonds is 4. The van der Waals surface area contributed by atoms with Crippen molar-refractivity contribution in [3.63, 3.8) is 0 Å². The predicted octanol–water partition coefficient (Wildman–Crippen LogP) is 1.15. The van der Waals surface area contributed by atoms with E-state index in [-0.39, 0.29) is 0 Å². The van der Waals surface area contributed by atoms with Crippen LogP contribution in [0.25, 0.3) is 0 Å². The molecule has 0 fully saturated rings. The lowest BCUT2D eigenvalue weighted by molar-refractivity contribution is -0.0564. The molecule has 0 spiro atoms. The van der Waals surface area contributed by atoms with Crippen LogP contribution in [0.15, 0.2) is 5.38 Å². The lowest BCUT2D eigenvalue weighted by atomic mass is 10.2. The minimum atomic E-state index is -1.25. The molecule has 80 valence electrons. The first kappa shape index (κ1) is 11.6. The normalized spacial score (nSPS) is 12.4. The standard InChI is InChI=1S/C9H17N3OS/c1-6(2)4-13-9(10,11)8-5-14-7(3)12-8/h5-6H,4,10-11H2,1-3H3. The average molecular weight is 215 g/mol. The molecule has 1 rings (SSSR count). The van der Waals surface area contributed by atoms with Crippen molar-refractivity contribution in [2.24, 2.45) is 17.4 Å². The van der Waals surface area contributed by atoms with Crippen LogP contribution >= 0.6 is 11.3 Å². The highest BCUT2D eigenvalue weighted by Gasteiger charge is 2.25. The molecule has 0 atom stereocenters. The summed E-state index contributed by atoms with van der Waals surface area (Å²) in [6, 6.07) is 0. The Labute approximate surface area is 88.3 Å². The van der Waals surface area contributed by atoms with Crippen molar-refractivity contribution >= 4 is 11.3 Å². The highest BCUT2D eigenvalue weighted by molar-refractivity contribution is 7.09. The first-order chi connectivity index (χ1) is 6.42. The molecule has 0 aromatic carbocycles. The monoisotopic (exact) mass is 215 g/mol. The van der Waals surface area contributed by atoms with Crippen LogP contribution in [0, 0.1) is 12.8 Å². The summed E-state index contributed by atoms with van der Waals surface area (Å²) in [7, 11) is 0. The van der Waals surface area contributed by atoms with Crippen LogP contribution in [0.5, 0.6) is 0 Å². The third-order valence-electron chi connectivity index (χ3n) is 1.67. The second-order valence-corrected chi connectivity index (χ2v) is 4.81. The maximum absolute atomic E-state index is 5.80. The Bertz CT molecular complexity index is 296. The van der Waals surface area contributed by atoms with E-state index in [2.05, 4.69) is 4.98 Å². The van der Waals surface area contributed by atoms with Gasteiger partial charge in [-0.25, -0.2) is 4.98 Å². The third-order valence-corrected chi connectivity index (χ3v) is 2.45. The molecule has 1 aromatic rings. The van der Waals surface area contributed by atoms with Crippen molar-refractivity contribution < 1.29 is 4.74 Å². The van der Waals surface area contributed by atoms with Crippen molar-refractivity contribution in [2.45, 2.75) is 26.6 Å². The van der Waals surface area contributed by atoms with E-state index in [1.165, 1.54) is 11.3 Å². The zero-order chi connectivity index (χ0) is 10.8. The topological polar surface area (TPSA) is 74.2 Å². The zero-order valence-corrected chi connectivity index (χ0v) is 9.60. The van der Waals surface area contributed by atoms with Gasteiger partial charge in [-0.05, 0) is 12.8 Å². The van der Waals surface area contributed by atoms with E-state index < -0.39 is 5.85 Å². The Kier molecular flexibility index (Phi) is 3.60. The summed E-state index contributed by atoms with van der Waals surface area (Å²) in [5, 5.41) is 2.77. The highest BCUT2D eigenvalue weighted by Crippen LogP contribution is 2.17. The maximum atomic E-state index is 5.80. The second kappa shape index (κ2) is 4.35. The molecule has 0 saturated heterocycles. The van der Waals surface area contributed by atoms with Gasteiger partial charge in [-0.15, -0.1) is 11.3 Å². The predicted molar refractivity (Wildman–Crippen MR) is 57.7 cm³/mol. The highest BCUT2D eigenvalue weighted by atomic mass is 32.1. The van der Waals surface area contributed by atoms with Crippen molar-refractivity contribution in [2.75, 3.05) is 6.61 Å². The Balaban J connectivity index is 2.65. The summed E-state index contributed by atoms with van der Waals surface area (Å²) in [4.78, 5) is 4.20. The molecule has 4 N–H and O–H groups in total. The second-order valence-electron chi connectivity index (χ2n) is 3.75. The molecule has 14 heavy (non-hydrogen) atoms. The molecule has 0 aliphatic rings. The van der Waals surface area contributed by atoms with Crippen molar-refractivity contribution in [1.29, 1.82) is 0 Å². The molecule has 0 saturated carbocycles. The summed E-state index contributed by atoms with van der Waals surface area (Å²) in [5.41, 5.74) is 12.2. The quantitative estimate of drug-likeness (QED) is 0.739. The number of aryl methyl sites for hydroxylation is 1. The van der Waals surface area contributed by atoms with Gasteiger partial charge >= 0.3 is 0 Å². The Hall–Kier alpha value is -0.490. The minimum Gasteiger partial charge on any atom is -0.342 e. The van der Waals surface area contributed by atoms with Gasteiger partial charge in [-0.2, -0.15) is 0 Å². The summed E-state index contributed by atoms with van der Waals surface area (Å²) >= 11 is 1.51. The number of nitrogens with two attached hydrogens (primary N) is 2. The Morgan fingerprint density at radius 1 is 1.57 bits per heavy atom. The molecule has 0 bridgehead atoms. The number of hydrogen-bond acceptors (Lipinski definition) is 5. The molecule has 0 unspecified atom stereocenters. The van der Waals surface area contributed by atoms with Crippen LogP contribution in [0.4, 0.5) is 0 Å². The summed E-state index contributed by atoms with van der Waals surface area (Å²) < 4.78 is 5.39. The molecule has 1 heterocycles. The smallest absolute Gasteiger partial charge is 0.215 e. The van der Waals surface area contributed by atoms with E-state index in [1.807, 2.05) is 26.2 Å². The van der Waals surface area contributed by atoms with E-state index in [0.717, 1.165) is 5.01 Å². The van der Waals surface area contributed by atoms with E-state index in [9.17, 15) is 0 Å². The number of hydrogen-bond donors (Lipinski definition) is 2. The fraction of sp³-hybridized carbons (Fsp3) is 0.667. The summed E-state index contributed by atoms with van der Waals surface area (Å²) in [6.07, 6.45) is 0. The number of aromatic nitrogens is 1. The van der Waals surface area contributed by atoms with Crippen molar-refractivity contribution in [3.8, 4) is 0 Å². The Morgan fingerprint density at radius 2 is 2.21 bits per heavy atom. The third kappa shape index (κ3) is 3.02. The fourth-order valence-corrected chi connectivity index (χ4v) is 1.59. The number of nitrogens with zero attached hydrogens (tertiary/aromatic N) is 1. The molecule has 0 radical (unpaired) electrons. The van der Waals surface area contributed by atoms with Crippen LogP contribution in [0.3, 0.4) is 0 Å².